The number of nitrogens with one attached hydrogen (secondary N) is 1. The summed E-state index contributed by atoms with van der Waals surface area (Å²) in [5.74, 6) is 1.50. The van der Waals surface area contributed by atoms with E-state index in [-0.39, 0.29) is 5.91 Å². The molecule has 106 valence electrons. The lowest BCUT2D eigenvalue weighted by molar-refractivity contribution is 0.0946. The van der Waals surface area contributed by atoms with E-state index in [4.69, 9.17) is 21.1 Å². The van der Waals surface area contributed by atoms with Crippen molar-refractivity contribution in [3.63, 3.8) is 0 Å². The standard InChI is InChI=1S/C14H20ClNO3/c1-18-11-7-6-8-12(19-2)13(11)14(17)16-10-5-3-4-9-15/h6-8H,3-5,9-10H2,1-2H3,(H,16,17). The molecule has 0 bridgehead atoms. The molecule has 19 heavy (non-hydrogen) atoms. The maximum absolute atomic E-state index is 12.1. The van der Waals surface area contributed by atoms with Crippen molar-refractivity contribution in [1.82, 2.24) is 5.32 Å². The molecular formula is C14H20ClNO3. The van der Waals surface area contributed by atoms with Crippen LogP contribution in [-0.4, -0.2) is 32.6 Å². The van der Waals surface area contributed by atoms with Crippen molar-refractivity contribution >= 4 is 17.5 Å². The molecule has 0 saturated carbocycles. The number of unbranched alkanes of at least 4 members (excludes halogenated alkanes) is 2. The van der Waals surface area contributed by atoms with Crippen molar-refractivity contribution < 1.29 is 14.3 Å². The van der Waals surface area contributed by atoms with Crippen LogP contribution in [0.15, 0.2) is 18.2 Å². The number of carbonyl (C=O) groups is 1. The van der Waals surface area contributed by atoms with Crippen LogP contribution in [0.3, 0.4) is 0 Å². The largest absolute Gasteiger partial charge is 0.496 e. The molecule has 0 spiro atoms. The number of amides is 1. The zero-order valence-corrected chi connectivity index (χ0v) is 12.1. The van der Waals surface area contributed by atoms with Crippen molar-refractivity contribution in [2.24, 2.45) is 0 Å². The van der Waals surface area contributed by atoms with Crippen molar-refractivity contribution in [2.45, 2.75) is 19.3 Å². The average molecular weight is 286 g/mol. The lowest BCUT2D eigenvalue weighted by atomic mass is 10.1. The van der Waals surface area contributed by atoms with Gasteiger partial charge in [0.05, 0.1) is 14.2 Å². The highest BCUT2D eigenvalue weighted by Crippen LogP contribution is 2.27. The zero-order chi connectivity index (χ0) is 14.1. The molecule has 4 nitrogen and oxygen atoms in total. The summed E-state index contributed by atoms with van der Waals surface area (Å²) in [4.78, 5) is 12.1. The first-order chi connectivity index (χ1) is 9.24. The highest BCUT2D eigenvalue weighted by molar-refractivity contribution is 6.17. The Balaban J connectivity index is 2.65. The topological polar surface area (TPSA) is 47.6 Å². The summed E-state index contributed by atoms with van der Waals surface area (Å²) in [6.45, 7) is 0.622. The van der Waals surface area contributed by atoms with Crippen LogP contribution < -0.4 is 14.8 Å². The van der Waals surface area contributed by atoms with Gasteiger partial charge in [-0.1, -0.05) is 12.5 Å². The summed E-state index contributed by atoms with van der Waals surface area (Å²) < 4.78 is 10.4. The van der Waals surface area contributed by atoms with Crippen LogP contribution in [0.4, 0.5) is 0 Å². The number of rotatable bonds is 8. The van der Waals surface area contributed by atoms with Crippen LogP contribution in [0.5, 0.6) is 11.5 Å². The average Bonchev–Trinajstić information content (AvgIpc) is 2.45. The smallest absolute Gasteiger partial charge is 0.258 e. The van der Waals surface area contributed by atoms with Gasteiger partial charge >= 0.3 is 0 Å². The lowest BCUT2D eigenvalue weighted by Crippen LogP contribution is -2.25. The first kappa shape index (κ1) is 15.6. The predicted molar refractivity (Wildman–Crippen MR) is 76.5 cm³/mol. The van der Waals surface area contributed by atoms with Crippen LogP contribution in [0.2, 0.25) is 0 Å². The minimum absolute atomic E-state index is 0.180. The van der Waals surface area contributed by atoms with Gasteiger partial charge in [0.15, 0.2) is 0 Å². The molecule has 5 heteroatoms. The van der Waals surface area contributed by atoms with E-state index in [9.17, 15) is 4.79 Å². The quantitative estimate of drug-likeness (QED) is 0.590. The fourth-order valence-corrected chi connectivity index (χ4v) is 1.95. The Hall–Kier alpha value is -1.42. The van der Waals surface area contributed by atoms with Gasteiger partial charge in [-0.2, -0.15) is 0 Å². The third-order valence-corrected chi connectivity index (χ3v) is 3.02. The molecule has 0 fully saturated rings. The molecular weight excluding hydrogens is 266 g/mol. The molecule has 1 amide bonds. The fraction of sp³-hybridized carbons (Fsp3) is 0.500. The number of hydrogen-bond donors (Lipinski definition) is 1. The van der Waals surface area contributed by atoms with Crippen LogP contribution in [0.25, 0.3) is 0 Å². The third kappa shape index (κ3) is 4.63. The molecule has 0 unspecified atom stereocenters. The maximum Gasteiger partial charge on any atom is 0.258 e. The Kier molecular flexibility index (Phi) is 7.11. The Morgan fingerprint density at radius 3 is 2.32 bits per heavy atom. The second-order valence-corrected chi connectivity index (χ2v) is 4.42. The van der Waals surface area contributed by atoms with E-state index in [2.05, 4.69) is 5.32 Å². The molecule has 0 atom stereocenters. The number of alkyl halides is 1. The molecule has 0 aromatic heterocycles. The molecule has 1 rings (SSSR count). The third-order valence-electron chi connectivity index (χ3n) is 2.75. The number of methoxy groups -OCH3 is 2. The van der Waals surface area contributed by atoms with E-state index in [1.54, 1.807) is 18.2 Å². The van der Waals surface area contributed by atoms with E-state index >= 15 is 0 Å². The molecule has 1 aromatic rings. The van der Waals surface area contributed by atoms with Crippen molar-refractivity contribution in [2.75, 3.05) is 26.6 Å². The van der Waals surface area contributed by atoms with Gasteiger partial charge < -0.3 is 14.8 Å². The summed E-state index contributed by atoms with van der Waals surface area (Å²) in [7, 11) is 3.07. The highest BCUT2D eigenvalue weighted by Gasteiger charge is 2.17. The Morgan fingerprint density at radius 1 is 1.16 bits per heavy atom. The van der Waals surface area contributed by atoms with Gasteiger partial charge in [-0.05, 0) is 25.0 Å². The Morgan fingerprint density at radius 2 is 1.79 bits per heavy atom. The molecule has 0 aliphatic rings. The van der Waals surface area contributed by atoms with Crippen LogP contribution in [0, 0.1) is 0 Å². The number of benzene rings is 1. The number of hydrogen-bond acceptors (Lipinski definition) is 3. The van der Waals surface area contributed by atoms with E-state index in [0.717, 1.165) is 19.3 Å². The summed E-state index contributed by atoms with van der Waals surface area (Å²) >= 11 is 5.60. The first-order valence-corrected chi connectivity index (χ1v) is 6.83. The lowest BCUT2D eigenvalue weighted by Gasteiger charge is -2.12. The second-order valence-electron chi connectivity index (χ2n) is 4.04. The SMILES string of the molecule is COc1cccc(OC)c1C(=O)NCCCCCCl. The molecule has 0 heterocycles. The monoisotopic (exact) mass is 285 g/mol. The van der Waals surface area contributed by atoms with Gasteiger partial charge in [-0.15, -0.1) is 11.6 Å². The van der Waals surface area contributed by atoms with Gasteiger partial charge in [0.25, 0.3) is 5.91 Å². The van der Waals surface area contributed by atoms with E-state index < -0.39 is 0 Å². The van der Waals surface area contributed by atoms with Gasteiger partial charge in [0, 0.05) is 12.4 Å². The van der Waals surface area contributed by atoms with E-state index in [0.29, 0.717) is 29.5 Å². The first-order valence-electron chi connectivity index (χ1n) is 6.29. The molecule has 1 aromatic carbocycles. The van der Waals surface area contributed by atoms with Gasteiger partial charge in [0.2, 0.25) is 0 Å². The predicted octanol–water partition coefficient (Wildman–Crippen LogP) is 2.84. The highest BCUT2D eigenvalue weighted by atomic mass is 35.5. The zero-order valence-electron chi connectivity index (χ0n) is 11.4. The molecule has 1 N–H and O–H groups in total. The van der Waals surface area contributed by atoms with E-state index in [1.165, 1.54) is 14.2 Å². The van der Waals surface area contributed by atoms with Gasteiger partial charge in [0.1, 0.15) is 17.1 Å². The Labute approximate surface area is 119 Å². The van der Waals surface area contributed by atoms with Gasteiger partial charge in [-0.3, -0.25) is 4.79 Å². The summed E-state index contributed by atoms with van der Waals surface area (Å²) in [5.41, 5.74) is 0.435. The number of ether oxygens (including phenoxy) is 2. The Bertz CT molecular complexity index is 387. The van der Waals surface area contributed by atoms with Crippen molar-refractivity contribution in [3.8, 4) is 11.5 Å². The maximum atomic E-state index is 12.1. The number of carbonyl (C=O) groups excluding carboxylic acids is 1. The minimum atomic E-state index is -0.180. The normalized spacial score (nSPS) is 10.1. The van der Waals surface area contributed by atoms with Crippen molar-refractivity contribution in [1.29, 1.82) is 0 Å². The van der Waals surface area contributed by atoms with Crippen LogP contribution >= 0.6 is 11.6 Å². The summed E-state index contributed by atoms with van der Waals surface area (Å²) in [5, 5.41) is 2.87. The second kappa shape index (κ2) is 8.64. The summed E-state index contributed by atoms with van der Waals surface area (Å²) in [6.07, 6.45) is 2.89. The minimum Gasteiger partial charge on any atom is -0.496 e. The summed E-state index contributed by atoms with van der Waals surface area (Å²) in [6, 6.07) is 5.27. The van der Waals surface area contributed by atoms with Crippen LogP contribution in [-0.2, 0) is 0 Å². The van der Waals surface area contributed by atoms with E-state index in [1.807, 2.05) is 0 Å². The van der Waals surface area contributed by atoms with Crippen molar-refractivity contribution in [3.05, 3.63) is 23.8 Å². The molecule has 0 aliphatic carbocycles. The molecule has 0 radical (unpaired) electrons. The van der Waals surface area contributed by atoms with Gasteiger partial charge in [-0.25, -0.2) is 0 Å². The van der Waals surface area contributed by atoms with Crippen LogP contribution in [0.1, 0.15) is 29.6 Å². The molecule has 0 saturated heterocycles. The fourth-order valence-electron chi connectivity index (χ4n) is 1.76. The number of halogens is 1. The molecule has 0 aliphatic heterocycles.